The van der Waals surface area contributed by atoms with Crippen LogP contribution in [0.3, 0.4) is 0 Å². The summed E-state index contributed by atoms with van der Waals surface area (Å²) < 4.78 is 6.93. The van der Waals surface area contributed by atoms with Gasteiger partial charge < -0.3 is 4.43 Å². The Kier molecular flexibility index (Phi) is 11.2. The monoisotopic (exact) mass is 540 g/mol. The fourth-order valence-electron chi connectivity index (χ4n) is 9.39. The Bertz CT molecular complexity index is 834. The first kappa shape index (κ1) is 31.9. The van der Waals surface area contributed by atoms with Crippen molar-refractivity contribution in [1.29, 1.82) is 0 Å². The summed E-state index contributed by atoms with van der Waals surface area (Å²) in [5.74, 6) is 3.94. The highest BCUT2D eigenvalue weighted by Gasteiger charge is 2.50. The predicted octanol–water partition coefficient (Wildman–Crippen LogP) is 11.7. The normalized spacial score (nSPS) is 32.4. The average molecular weight is 541 g/mol. The highest BCUT2D eigenvalue weighted by molar-refractivity contribution is 6.73. The minimum atomic E-state index is -1.55. The molecule has 2 heteroatoms. The summed E-state index contributed by atoms with van der Waals surface area (Å²) in [4.78, 5) is 0. The van der Waals surface area contributed by atoms with Crippen LogP contribution in [0.1, 0.15) is 133 Å². The fraction of sp³-hybridized carbons (Fsp3) is 0.833. The van der Waals surface area contributed by atoms with Gasteiger partial charge in [-0.3, -0.25) is 0 Å². The van der Waals surface area contributed by atoms with Gasteiger partial charge in [-0.15, -0.1) is 0 Å². The molecule has 0 aromatic rings. The van der Waals surface area contributed by atoms with Gasteiger partial charge >= 0.3 is 0 Å². The largest absolute Gasteiger partial charge is 0.412 e. The number of rotatable bonds is 11. The van der Waals surface area contributed by atoms with Gasteiger partial charge in [0, 0.05) is 0 Å². The number of allylic oxidation sites excluding steroid dienone is 6. The summed E-state index contributed by atoms with van der Waals surface area (Å²) in [5, 5.41) is 0. The molecular formula is C36H64OSi. The van der Waals surface area contributed by atoms with Crippen LogP contribution in [0.2, 0.25) is 18.1 Å². The lowest BCUT2D eigenvalue weighted by Crippen LogP contribution is -2.44. The summed E-state index contributed by atoms with van der Waals surface area (Å²) >= 11 is 0. The van der Waals surface area contributed by atoms with Crippen LogP contribution in [0.25, 0.3) is 0 Å². The number of hydrogen-bond acceptors (Lipinski definition) is 1. The molecule has 0 spiro atoms. The number of hydrogen-bond donors (Lipinski definition) is 0. The zero-order valence-corrected chi connectivity index (χ0v) is 28.2. The van der Waals surface area contributed by atoms with Gasteiger partial charge in [-0.2, -0.15) is 0 Å². The lowest BCUT2D eigenvalue weighted by atomic mass is 9.60. The van der Waals surface area contributed by atoms with Crippen LogP contribution < -0.4 is 0 Å². The van der Waals surface area contributed by atoms with Gasteiger partial charge in [0.2, 0.25) is 0 Å². The highest BCUT2D eigenvalue weighted by Crippen LogP contribution is 2.60. The van der Waals surface area contributed by atoms with Crippen molar-refractivity contribution < 1.29 is 4.43 Å². The van der Waals surface area contributed by atoms with Crippen LogP contribution in [0.5, 0.6) is 0 Å². The van der Waals surface area contributed by atoms with E-state index < -0.39 is 8.32 Å². The quantitative estimate of drug-likeness (QED) is 0.187. The second-order valence-corrected chi connectivity index (χ2v) is 19.3. The van der Waals surface area contributed by atoms with Gasteiger partial charge in [0.15, 0.2) is 8.32 Å². The van der Waals surface area contributed by atoms with Gasteiger partial charge in [0.25, 0.3) is 0 Å². The Morgan fingerprint density at radius 2 is 1.66 bits per heavy atom. The van der Waals surface area contributed by atoms with Gasteiger partial charge in [-0.1, -0.05) is 96.3 Å². The molecular weight excluding hydrogens is 476 g/mol. The summed E-state index contributed by atoms with van der Waals surface area (Å²) in [5.41, 5.74) is 5.68. The molecule has 0 heterocycles. The van der Waals surface area contributed by atoms with E-state index in [9.17, 15) is 0 Å². The molecule has 0 saturated heterocycles. The Hall–Kier alpha value is -0.603. The van der Waals surface area contributed by atoms with Crippen molar-refractivity contribution in [2.75, 3.05) is 0 Å². The summed E-state index contributed by atoms with van der Waals surface area (Å²) in [7, 11) is -1.55. The molecule has 2 unspecified atom stereocenters. The maximum atomic E-state index is 6.93. The van der Waals surface area contributed by atoms with E-state index in [0.29, 0.717) is 17.3 Å². The molecule has 218 valence electrons. The third kappa shape index (κ3) is 7.18. The van der Waals surface area contributed by atoms with Crippen molar-refractivity contribution in [2.45, 2.75) is 157 Å². The maximum absolute atomic E-state index is 6.93. The van der Waals surface area contributed by atoms with E-state index in [1.54, 1.807) is 16.7 Å². The van der Waals surface area contributed by atoms with Gasteiger partial charge in [-0.25, -0.2) is 0 Å². The molecule has 0 aliphatic heterocycles. The smallest absolute Gasteiger partial charge is 0.192 e. The zero-order chi connectivity index (χ0) is 28.1. The molecule has 3 fully saturated rings. The van der Waals surface area contributed by atoms with E-state index in [-0.39, 0.29) is 5.60 Å². The van der Waals surface area contributed by atoms with Gasteiger partial charge in [0.05, 0.1) is 5.60 Å². The van der Waals surface area contributed by atoms with E-state index in [0.717, 1.165) is 17.8 Å². The lowest BCUT2D eigenvalue weighted by molar-refractivity contribution is 0.0704. The standard InChI is InChI=1S/C36H64OSi/c1-11-32-28(6)25-30(26-29(32)7)19-20-31-18-16-24-36(10)33(21-22-34(31)36)27(5)17-15-23-35(8,9)37-38(12-2,13-3)14-4/h11,19-20,27-29,33-34H,12-18,21-26H2,1-10H3/b30-19?,31-20+,32-11?/t27-,28-,29-,33?,34?,36-/m1/s1. The Balaban J connectivity index is 1.61. The Morgan fingerprint density at radius 1 is 1.03 bits per heavy atom. The molecule has 1 nitrogen and oxygen atoms in total. The van der Waals surface area contributed by atoms with Crippen molar-refractivity contribution in [3.8, 4) is 0 Å². The minimum Gasteiger partial charge on any atom is -0.412 e. The van der Waals surface area contributed by atoms with Crippen molar-refractivity contribution >= 4 is 8.32 Å². The van der Waals surface area contributed by atoms with Crippen LogP contribution in [-0.4, -0.2) is 13.9 Å². The first-order valence-electron chi connectivity index (χ1n) is 16.7. The highest BCUT2D eigenvalue weighted by atomic mass is 28.4. The van der Waals surface area contributed by atoms with Gasteiger partial charge in [0.1, 0.15) is 0 Å². The molecule has 0 aromatic heterocycles. The van der Waals surface area contributed by atoms with Crippen LogP contribution in [-0.2, 0) is 4.43 Å². The minimum absolute atomic E-state index is 0.0339. The summed E-state index contributed by atoms with van der Waals surface area (Å²) in [6.07, 6.45) is 21.0. The van der Waals surface area contributed by atoms with Crippen LogP contribution in [0.15, 0.2) is 34.9 Å². The Labute approximate surface area is 239 Å². The van der Waals surface area contributed by atoms with E-state index in [1.165, 1.54) is 82.3 Å². The first-order valence-corrected chi connectivity index (χ1v) is 19.2. The molecule has 3 saturated carbocycles. The lowest BCUT2D eigenvalue weighted by Gasteiger charge is -2.44. The SMILES string of the molecule is CC=C1[C@H](C)CC(=C/C=C2\CCC[C@@]3(C)C2CCC3[C@H](C)CCCC(C)(C)O[Si](CC)(CC)CC)C[C@H]1C. The van der Waals surface area contributed by atoms with Crippen molar-refractivity contribution in [1.82, 2.24) is 0 Å². The second-order valence-electron chi connectivity index (χ2n) is 14.6. The molecule has 6 atom stereocenters. The molecule has 0 aromatic carbocycles. The summed E-state index contributed by atoms with van der Waals surface area (Å²) in [6.45, 7) is 24.1. The van der Waals surface area contributed by atoms with E-state index in [1.807, 2.05) is 0 Å². The average Bonchev–Trinajstić information content (AvgIpc) is 3.23. The second kappa shape index (κ2) is 13.4. The fourth-order valence-corrected chi connectivity index (χ4v) is 12.6. The topological polar surface area (TPSA) is 9.23 Å². The molecule has 3 aliphatic rings. The van der Waals surface area contributed by atoms with Crippen molar-refractivity contribution in [3.05, 3.63) is 34.9 Å². The zero-order valence-electron chi connectivity index (χ0n) is 27.2. The van der Waals surface area contributed by atoms with E-state index in [2.05, 4.69) is 87.5 Å². The predicted molar refractivity (Wildman–Crippen MR) is 171 cm³/mol. The van der Waals surface area contributed by atoms with Crippen LogP contribution in [0, 0.1) is 35.0 Å². The molecule has 3 aliphatic carbocycles. The first-order chi connectivity index (χ1) is 17.9. The molecule has 0 bridgehead atoms. The third-order valence-electron chi connectivity index (χ3n) is 11.7. The molecule has 3 rings (SSSR count). The maximum Gasteiger partial charge on any atom is 0.192 e. The third-order valence-corrected chi connectivity index (χ3v) is 16.6. The molecule has 0 amide bonds. The Morgan fingerprint density at radius 3 is 2.24 bits per heavy atom. The van der Waals surface area contributed by atoms with Crippen molar-refractivity contribution in [2.24, 2.45) is 35.0 Å². The van der Waals surface area contributed by atoms with Crippen LogP contribution >= 0.6 is 0 Å². The number of fused-ring (bicyclic) bond motifs is 1. The molecule has 0 radical (unpaired) electrons. The van der Waals surface area contributed by atoms with E-state index >= 15 is 0 Å². The van der Waals surface area contributed by atoms with Crippen LogP contribution in [0.4, 0.5) is 0 Å². The van der Waals surface area contributed by atoms with Crippen molar-refractivity contribution in [3.63, 3.8) is 0 Å². The van der Waals surface area contributed by atoms with E-state index in [4.69, 9.17) is 4.43 Å². The van der Waals surface area contributed by atoms with Gasteiger partial charge in [-0.05, 0) is 125 Å². The molecule has 0 N–H and O–H groups in total. The molecule has 38 heavy (non-hydrogen) atoms. The summed E-state index contributed by atoms with van der Waals surface area (Å²) in [6, 6.07) is 3.76.